The van der Waals surface area contributed by atoms with E-state index in [4.69, 9.17) is 5.11 Å². The van der Waals surface area contributed by atoms with E-state index in [1.807, 2.05) is 11.8 Å². The maximum Gasteiger partial charge on any atom is 0.0431 e. The molecule has 13 heavy (non-hydrogen) atoms. The molecule has 0 aromatic rings. The lowest BCUT2D eigenvalue weighted by atomic mass is 10.2. The first kappa shape index (κ1) is 13.3. The van der Waals surface area contributed by atoms with Crippen molar-refractivity contribution in [3.05, 3.63) is 0 Å². The van der Waals surface area contributed by atoms with E-state index in [9.17, 15) is 0 Å². The Kier molecular flexibility index (Phi) is 10.6. The van der Waals surface area contributed by atoms with Gasteiger partial charge in [0.1, 0.15) is 0 Å². The molecule has 2 N–H and O–H groups in total. The molecule has 0 bridgehead atoms. The van der Waals surface area contributed by atoms with Crippen LogP contribution in [0.3, 0.4) is 0 Å². The van der Waals surface area contributed by atoms with E-state index < -0.39 is 0 Å². The van der Waals surface area contributed by atoms with Gasteiger partial charge in [-0.1, -0.05) is 12.8 Å². The normalized spacial score (nSPS) is 13.2. The van der Waals surface area contributed by atoms with Crippen molar-refractivity contribution in [1.82, 2.24) is 5.32 Å². The van der Waals surface area contributed by atoms with Gasteiger partial charge in [0.15, 0.2) is 0 Å². The summed E-state index contributed by atoms with van der Waals surface area (Å²) >= 11 is 1.89. The van der Waals surface area contributed by atoms with Crippen molar-refractivity contribution in [1.29, 1.82) is 0 Å². The molecule has 0 amide bonds. The summed E-state index contributed by atoms with van der Waals surface area (Å²) in [5, 5.41) is 12.0. The maximum atomic E-state index is 8.56. The Bertz CT molecular complexity index is 101. The number of unbranched alkanes of at least 4 members (excludes halogenated alkanes) is 3. The molecule has 0 saturated carbocycles. The minimum atomic E-state index is 0.344. The molecule has 0 fully saturated rings. The number of nitrogens with one attached hydrogen (secondary N) is 1. The SMILES string of the molecule is CSCC(C)NCCCCCCO. The zero-order valence-corrected chi connectivity index (χ0v) is 9.70. The molecule has 0 aromatic carbocycles. The van der Waals surface area contributed by atoms with Gasteiger partial charge in [0.05, 0.1) is 0 Å². The number of hydrogen-bond acceptors (Lipinski definition) is 3. The summed E-state index contributed by atoms with van der Waals surface area (Å²) in [6, 6.07) is 0.632. The molecule has 0 aliphatic heterocycles. The van der Waals surface area contributed by atoms with Crippen molar-refractivity contribution in [2.45, 2.75) is 38.6 Å². The highest BCUT2D eigenvalue weighted by molar-refractivity contribution is 7.98. The molecular weight excluding hydrogens is 182 g/mol. The predicted molar refractivity (Wildman–Crippen MR) is 61.4 cm³/mol. The number of aliphatic hydroxyl groups excluding tert-OH is 1. The largest absolute Gasteiger partial charge is 0.396 e. The monoisotopic (exact) mass is 205 g/mol. The van der Waals surface area contributed by atoms with Crippen LogP contribution in [0, 0.1) is 0 Å². The third kappa shape index (κ3) is 10.2. The van der Waals surface area contributed by atoms with Gasteiger partial charge in [0.25, 0.3) is 0 Å². The smallest absolute Gasteiger partial charge is 0.0431 e. The molecule has 3 heteroatoms. The van der Waals surface area contributed by atoms with Crippen molar-refractivity contribution >= 4 is 11.8 Å². The van der Waals surface area contributed by atoms with Gasteiger partial charge >= 0.3 is 0 Å². The standard InChI is InChI=1S/C10H23NOS/c1-10(9-13-2)11-7-5-3-4-6-8-12/h10-12H,3-9H2,1-2H3. The molecular formula is C10H23NOS. The fraction of sp³-hybridized carbons (Fsp3) is 1.00. The Labute approximate surface area is 86.5 Å². The first-order chi connectivity index (χ1) is 6.31. The van der Waals surface area contributed by atoms with E-state index in [2.05, 4.69) is 18.5 Å². The second-order valence-corrected chi connectivity index (χ2v) is 4.36. The Morgan fingerprint density at radius 1 is 1.23 bits per heavy atom. The average Bonchev–Trinajstić information content (AvgIpc) is 2.11. The van der Waals surface area contributed by atoms with Gasteiger partial charge in [-0.05, 0) is 32.6 Å². The molecule has 0 aromatic heterocycles. The molecule has 0 aliphatic rings. The molecule has 2 nitrogen and oxygen atoms in total. The lowest BCUT2D eigenvalue weighted by Gasteiger charge is -2.11. The number of hydrogen-bond donors (Lipinski definition) is 2. The third-order valence-electron chi connectivity index (χ3n) is 1.99. The topological polar surface area (TPSA) is 32.3 Å². The van der Waals surface area contributed by atoms with Gasteiger partial charge in [-0.3, -0.25) is 0 Å². The number of aliphatic hydroxyl groups is 1. The van der Waals surface area contributed by atoms with E-state index in [1.54, 1.807) is 0 Å². The fourth-order valence-electron chi connectivity index (χ4n) is 1.25. The Morgan fingerprint density at radius 3 is 2.54 bits per heavy atom. The van der Waals surface area contributed by atoms with Crippen LogP contribution in [0.5, 0.6) is 0 Å². The van der Waals surface area contributed by atoms with Gasteiger partial charge in [-0.15, -0.1) is 0 Å². The summed E-state index contributed by atoms with van der Waals surface area (Å²) in [6.07, 6.45) is 6.73. The summed E-state index contributed by atoms with van der Waals surface area (Å²) in [5.41, 5.74) is 0. The molecule has 0 aliphatic carbocycles. The molecule has 0 spiro atoms. The van der Waals surface area contributed by atoms with Crippen molar-refractivity contribution in [3.63, 3.8) is 0 Å². The molecule has 0 radical (unpaired) electrons. The van der Waals surface area contributed by atoms with E-state index in [-0.39, 0.29) is 0 Å². The minimum Gasteiger partial charge on any atom is -0.396 e. The summed E-state index contributed by atoms with van der Waals surface area (Å²) in [7, 11) is 0. The van der Waals surface area contributed by atoms with Gasteiger partial charge in [-0.2, -0.15) is 11.8 Å². The second-order valence-electron chi connectivity index (χ2n) is 3.45. The zero-order chi connectivity index (χ0) is 9.94. The van der Waals surface area contributed by atoms with Crippen molar-refractivity contribution < 1.29 is 5.11 Å². The molecule has 1 unspecified atom stereocenters. The van der Waals surface area contributed by atoms with E-state index in [0.717, 1.165) is 19.4 Å². The maximum absolute atomic E-state index is 8.56. The van der Waals surface area contributed by atoms with Crippen LogP contribution in [0.4, 0.5) is 0 Å². The summed E-state index contributed by atoms with van der Waals surface area (Å²) in [6.45, 7) is 3.69. The van der Waals surface area contributed by atoms with Gasteiger partial charge in [0, 0.05) is 18.4 Å². The van der Waals surface area contributed by atoms with Gasteiger partial charge in [-0.25, -0.2) is 0 Å². The highest BCUT2D eigenvalue weighted by Crippen LogP contribution is 1.99. The first-order valence-electron chi connectivity index (χ1n) is 5.14. The van der Waals surface area contributed by atoms with Crippen molar-refractivity contribution in [3.8, 4) is 0 Å². The van der Waals surface area contributed by atoms with Crippen LogP contribution in [0.2, 0.25) is 0 Å². The van der Waals surface area contributed by atoms with Crippen molar-refractivity contribution in [2.75, 3.05) is 25.2 Å². The van der Waals surface area contributed by atoms with E-state index >= 15 is 0 Å². The number of rotatable bonds is 9. The van der Waals surface area contributed by atoms with Gasteiger partial charge < -0.3 is 10.4 Å². The Hall–Kier alpha value is 0.270. The second kappa shape index (κ2) is 10.4. The molecule has 0 rings (SSSR count). The molecule has 1 atom stereocenters. The van der Waals surface area contributed by atoms with Crippen LogP contribution >= 0.6 is 11.8 Å². The summed E-state index contributed by atoms with van der Waals surface area (Å²) in [4.78, 5) is 0. The Morgan fingerprint density at radius 2 is 1.92 bits per heavy atom. The van der Waals surface area contributed by atoms with Crippen LogP contribution < -0.4 is 5.32 Å². The third-order valence-corrected chi connectivity index (χ3v) is 2.83. The predicted octanol–water partition coefficient (Wildman–Crippen LogP) is 1.88. The minimum absolute atomic E-state index is 0.344. The lowest BCUT2D eigenvalue weighted by Crippen LogP contribution is -2.28. The van der Waals surface area contributed by atoms with Crippen LogP contribution in [0.15, 0.2) is 0 Å². The van der Waals surface area contributed by atoms with Crippen LogP contribution in [0.1, 0.15) is 32.6 Å². The quantitative estimate of drug-likeness (QED) is 0.564. The summed E-state index contributed by atoms with van der Waals surface area (Å²) < 4.78 is 0. The Balaban J connectivity index is 2.97. The molecule has 0 heterocycles. The highest BCUT2D eigenvalue weighted by Gasteiger charge is 1.97. The lowest BCUT2D eigenvalue weighted by molar-refractivity contribution is 0.282. The first-order valence-corrected chi connectivity index (χ1v) is 6.53. The summed E-state index contributed by atoms with van der Waals surface area (Å²) in [5.74, 6) is 1.19. The molecule has 0 saturated heterocycles. The van der Waals surface area contributed by atoms with Crippen LogP contribution in [-0.2, 0) is 0 Å². The van der Waals surface area contributed by atoms with Crippen molar-refractivity contribution in [2.24, 2.45) is 0 Å². The van der Waals surface area contributed by atoms with E-state index in [0.29, 0.717) is 12.6 Å². The van der Waals surface area contributed by atoms with Crippen LogP contribution in [-0.4, -0.2) is 36.3 Å². The average molecular weight is 205 g/mol. The molecule has 80 valence electrons. The zero-order valence-electron chi connectivity index (χ0n) is 8.88. The van der Waals surface area contributed by atoms with Crippen LogP contribution in [0.25, 0.3) is 0 Å². The fourth-order valence-corrected chi connectivity index (χ4v) is 1.87. The van der Waals surface area contributed by atoms with Gasteiger partial charge in [0.2, 0.25) is 0 Å². The highest BCUT2D eigenvalue weighted by atomic mass is 32.2. The van der Waals surface area contributed by atoms with E-state index in [1.165, 1.54) is 18.6 Å². The number of thioether (sulfide) groups is 1.